The van der Waals surface area contributed by atoms with Gasteiger partial charge in [-0.15, -0.1) is 0 Å². The molecule has 4 heteroatoms. The molecule has 1 amide bonds. The zero-order valence-electron chi connectivity index (χ0n) is 10.7. The molecule has 0 saturated heterocycles. The van der Waals surface area contributed by atoms with Crippen LogP contribution >= 0.6 is 0 Å². The molecule has 1 saturated carbocycles. The van der Waals surface area contributed by atoms with E-state index in [4.69, 9.17) is 5.11 Å². The van der Waals surface area contributed by atoms with Crippen LogP contribution in [0.15, 0.2) is 0 Å². The lowest BCUT2D eigenvalue weighted by Crippen LogP contribution is -2.36. The van der Waals surface area contributed by atoms with Crippen molar-refractivity contribution in [3.05, 3.63) is 0 Å². The lowest BCUT2D eigenvalue weighted by atomic mass is 9.78. The number of carbonyl (C=O) groups is 2. The molecule has 1 aliphatic carbocycles. The molecule has 0 bridgehead atoms. The molecule has 0 unspecified atom stereocenters. The number of carbonyl (C=O) groups excluding carboxylic acids is 1. The fourth-order valence-corrected chi connectivity index (χ4v) is 2.63. The van der Waals surface area contributed by atoms with Crippen molar-refractivity contribution in [2.75, 3.05) is 6.54 Å². The van der Waals surface area contributed by atoms with Gasteiger partial charge in [0, 0.05) is 5.92 Å². The highest BCUT2D eigenvalue weighted by molar-refractivity contribution is 5.82. The summed E-state index contributed by atoms with van der Waals surface area (Å²) in [5.74, 6) is 0.427. The molecular formula is C13H23NO3. The van der Waals surface area contributed by atoms with Crippen LogP contribution in [-0.4, -0.2) is 23.5 Å². The molecule has 98 valence electrons. The molecule has 0 radical (unpaired) electrons. The Morgan fingerprint density at radius 2 is 1.82 bits per heavy atom. The first-order chi connectivity index (χ1) is 7.99. The van der Waals surface area contributed by atoms with Crippen LogP contribution in [0.25, 0.3) is 0 Å². The molecule has 2 N–H and O–H groups in total. The predicted octanol–water partition coefficient (Wildman–Crippen LogP) is 2.04. The van der Waals surface area contributed by atoms with Crippen molar-refractivity contribution >= 4 is 11.9 Å². The molecule has 0 aromatic rings. The van der Waals surface area contributed by atoms with Crippen LogP contribution in [0.5, 0.6) is 0 Å². The average Bonchev–Trinajstić information content (AvgIpc) is 2.26. The predicted molar refractivity (Wildman–Crippen MR) is 65.5 cm³/mol. The number of rotatable bonds is 5. The Morgan fingerprint density at radius 1 is 1.24 bits per heavy atom. The number of aliphatic carboxylic acids is 1. The lowest BCUT2D eigenvalue weighted by molar-refractivity contribution is -0.138. The fraction of sp³-hybridized carbons (Fsp3) is 0.846. The first-order valence-electron chi connectivity index (χ1n) is 6.48. The van der Waals surface area contributed by atoms with Crippen LogP contribution in [0.2, 0.25) is 0 Å². The maximum atomic E-state index is 11.7. The summed E-state index contributed by atoms with van der Waals surface area (Å²) in [4.78, 5) is 22.0. The molecule has 0 atom stereocenters. The minimum atomic E-state index is -0.980. The van der Waals surface area contributed by atoms with Crippen LogP contribution in [0.1, 0.15) is 46.0 Å². The van der Waals surface area contributed by atoms with E-state index in [2.05, 4.69) is 19.2 Å². The molecule has 0 aromatic heterocycles. The number of amides is 1. The molecule has 17 heavy (non-hydrogen) atoms. The summed E-state index contributed by atoms with van der Waals surface area (Å²) in [7, 11) is 0. The van der Waals surface area contributed by atoms with Gasteiger partial charge in [0.05, 0.1) is 0 Å². The highest BCUT2D eigenvalue weighted by Gasteiger charge is 2.26. The van der Waals surface area contributed by atoms with Gasteiger partial charge < -0.3 is 10.4 Å². The third kappa shape index (κ3) is 5.20. The number of carboxylic acid groups (broad SMARTS) is 1. The summed E-state index contributed by atoms with van der Waals surface area (Å²) in [6.45, 7) is 4.20. The standard InChI is InChI=1S/C13H23NO3/c1-9(2)7-10-3-5-11(6-4-10)13(17)14-8-12(15)16/h9-11H,3-8H2,1-2H3,(H,14,17)(H,15,16). The van der Waals surface area contributed by atoms with Crippen molar-refractivity contribution in [1.82, 2.24) is 5.32 Å². The van der Waals surface area contributed by atoms with Crippen LogP contribution in [0.3, 0.4) is 0 Å². The van der Waals surface area contributed by atoms with Gasteiger partial charge >= 0.3 is 5.97 Å². The van der Waals surface area contributed by atoms with Gasteiger partial charge in [-0.05, 0) is 43.9 Å². The summed E-state index contributed by atoms with van der Waals surface area (Å²) >= 11 is 0. The topological polar surface area (TPSA) is 66.4 Å². The number of nitrogens with one attached hydrogen (secondary N) is 1. The first kappa shape index (κ1) is 14.0. The van der Waals surface area contributed by atoms with Gasteiger partial charge in [0.1, 0.15) is 6.54 Å². The number of hydrogen-bond donors (Lipinski definition) is 2. The van der Waals surface area contributed by atoms with E-state index in [0.29, 0.717) is 0 Å². The summed E-state index contributed by atoms with van der Waals surface area (Å²) in [6.07, 6.45) is 5.25. The molecule has 1 rings (SSSR count). The van der Waals surface area contributed by atoms with Gasteiger partial charge in [-0.1, -0.05) is 13.8 Å². The van der Waals surface area contributed by atoms with Crippen LogP contribution < -0.4 is 5.32 Å². The highest BCUT2D eigenvalue weighted by Crippen LogP contribution is 2.32. The molecule has 0 aliphatic heterocycles. The second kappa shape index (κ2) is 6.62. The van der Waals surface area contributed by atoms with Gasteiger partial charge in [0.25, 0.3) is 0 Å². The number of hydrogen-bond acceptors (Lipinski definition) is 2. The van der Waals surface area contributed by atoms with E-state index in [1.165, 1.54) is 6.42 Å². The molecule has 4 nitrogen and oxygen atoms in total. The van der Waals surface area contributed by atoms with E-state index in [9.17, 15) is 9.59 Å². The Balaban J connectivity index is 2.26. The minimum absolute atomic E-state index is 0.0257. The normalized spacial score (nSPS) is 24.6. The zero-order chi connectivity index (χ0) is 12.8. The maximum Gasteiger partial charge on any atom is 0.322 e. The molecule has 0 heterocycles. The van der Waals surface area contributed by atoms with Crippen LogP contribution in [-0.2, 0) is 9.59 Å². The quantitative estimate of drug-likeness (QED) is 0.774. The van der Waals surface area contributed by atoms with Crippen molar-refractivity contribution < 1.29 is 14.7 Å². The van der Waals surface area contributed by atoms with Gasteiger partial charge in [-0.2, -0.15) is 0 Å². The second-order valence-corrected chi connectivity index (χ2v) is 5.46. The molecule has 1 fully saturated rings. The van der Waals surface area contributed by atoms with Crippen molar-refractivity contribution in [2.24, 2.45) is 17.8 Å². The van der Waals surface area contributed by atoms with Crippen molar-refractivity contribution in [3.63, 3.8) is 0 Å². The number of carboxylic acids is 1. The van der Waals surface area contributed by atoms with E-state index in [1.54, 1.807) is 0 Å². The summed E-state index contributed by atoms with van der Waals surface area (Å²) in [5, 5.41) is 11.0. The molecule has 0 spiro atoms. The maximum absolute atomic E-state index is 11.7. The molecule has 1 aliphatic rings. The summed E-state index contributed by atoms with van der Waals surface area (Å²) in [5.41, 5.74) is 0. The van der Waals surface area contributed by atoms with E-state index < -0.39 is 5.97 Å². The second-order valence-electron chi connectivity index (χ2n) is 5.46. The zero-order valence-corrected chi connectivity index (χ0v) is 10.7. The van der Waals surface area contributed by atoms with Gasteiger partial charge in [-0.25, -0.2) is 0 Å². The third-order valence-corrected chi connectivity index (χ3v) is 3.44. The van der Waals surface area contributed by atoms with E-state index >= 15 is 0 Å². The van der Waals surface area contributed by atoms with Gasteiger partial charge in [-0.3, -0.25) is 9.59 Å². The van der Waals surface area contributed by atoms with Crippen molar-refractivity contribution in [3.8, 4) is 0 Å². The van der Waals surface area contributed by atoms with Crippen molar-refractivity contribution in [1.29, 1.82) is 0 Å². The summed E-state index contributed by atoms with van der Waals surface area (Å²) in [6, 6.07) is 0. The Bertz CT molecular complexity index is 268. The largest absolute Gasteiger partial charge is 0.480 e. The van der Waals surface area contributed by atoms with Crippen molar-refractivity contribution in [2.45, 2.75) is 46.0 Å². The van der Waals surface area contributed by atoms with E-state index in [-0.39, 0.29) is 18.4 Å². The van der Waals surface area contributed by atoms with E-state index in [1.807, 2.05) is 0 Å². The summed E-state index contributed by atoms with van der Waals surface area (Å²) < 4.78 is 0. The first-order valence-corrected chi connectivity index (χ1v) is 6.48. The van der Waals surface area contributed by atoms with Crippen LogP contribution in [0.4, 0.5) is 0 Å². The smallest absolute Gasteiger partial charge is 0.322 e. The Labute approximate surface area is 103 Å². The fourth-order valence-electron chi connectivity index (χ4n) is 2.63. The van der Waals surface area contributed by atoms with Crippen LogP contribution in [0, 0.1) is 17.8 Å². The molecule has 0 aromatic carbocycles. The monoisotopic (exact) mass is 241 g/mol. The Hall–Kier alpha value is -1.06. The van der Waals surface area contributed by atoms with Gasteiger partial charge in [0.15, 0.2) is 0 Å². The third-order valence-electron chi connectivity index (χ3n) is 3.44. The lowest BCUT2D eigenvalue weighted by Gasteiger charge is -2.28. The minimum Gasteiger partial charge on any atom is -0.480 e. The Kier molecular flexibility index (Phi) is 5.45. The highest BCUT2D eigenvalue weighted by atomic mass is 16.4. The Morgan fingerprint density at radius 3 is 2.29 bits per heavy atom. The molecular weight excluding hydrogens is 218 g/mol. The van der Waals surface area contributed by atoms with Gasteiger partial charge in [0.2, 0.25) is 5.91 Å². The van der Waals surface area contributed by atoms with E-state index in [0.717, 1.165) is 37.5 Å². The SMILES string of the molecule is CC(C)CC1CCC(C(=O)NCC(=O)O)CC1. The average molecular weight is 241 g/mol.